The van der Waals surface area contributed by atoms with Crippen LogP contribution in [-0.2, 0) is 6.42 Å². The Morgan fingerprint density at radius 3 is 1.80 bits per heavy atom. The molecular weight excluding hydrogens is 180 g/mol. The Balaban J connectivity index is 3.13. The second-order valence-electron chi connectivity index (χ2n) is 4.81. The molecule has 0 atom stereocenters. The van der Waals surface area contributed by atoms with E-state index in [0.717, 1.165) is 6.42 Å². The second-order valence-corrected chi connectivity index (χ2v) is 4.81. The fourth-order valence-corrected chi connectivity index (χ4v) is 1.70. The highest BCUT2D eigenvalue weighted by atomic mass is 14.1. The van der Waals surface area contributed by atoms with Crippen molar-refractivity contribution in [2.45, 2.75) is 46.0 Å². The zero-order valence-electron chi connectivity index (χ0n) is 10.4. The van der Waals surface area contributed by atoms with Crippen LogP contribution in [0, 0.1) is 0 Å². The van der Waals surface area contributed by atoms with E-state index in [4.69, 9.17) is 0 Å². The Kier molecular flexibility index (Phi) is 4.14. The van der Waals surface area contributed by atoms with Crippen LogP contribution in [0.3, 0.4) is 0 Å². The maximum atomic E-state index is 3.81. The minimum atomic E-state index is 0.604. The molecule has 1 aromatic rings. The molecule has 15 heavy (non-hydrogen) atoms. The fraction of sp³-hybridized carbons (Fsp3) is 0.467. The summed E-state index contributed by atoms with van der Waals surface area (Å²) in [7, 11) is 0. The van der Waals surface area contributed by atoms with Crippen molar-refractivity contribution in [3.05, 3.63) is 47.5 Å². The first kappa shape index (κ1) is 12.0. The molecular formula is C15H22. The van der Waals surface area contributed by atoms with Crippen LogP contribution in [-0.4, -0.2) is 0 Å². The summed E-state index contributed by atoms with van der Waals surface area (Å²) in [5.41, 5.74) is 4.27. The molecule has 0 bridgehead atoms. The molecule has 1 rings (SSSR count). The molecule has 0 saturated heterocycles. The average Bonchev–Trinajstić information content (AvgIpc) is 2.17. The summed E-state index contributed by atoms with van der Waals surface area (Å²) in [4.78, 5) is 0. The lowest BCUT2D eigenvalue weighted by molar-refractivity contribution is 0.829. The summed E-state index contributed by atoms with van der Waals surface area (Å²) < 4.78 is 0. The molecule has 0 unspecified atom stereocenters. The summed E-state index contributed by atoms with van der Waals surface area (Å²) >= 11 is 0. The van der Waals surface area contributed by atoms with E-state index < -0.39 is 0 Å². The molecule has 0 aromatic heterocycles. The fourth-order valence-electron chi connectivity index (χ4n) is 1.70. The van der Waals surface area contributed by atoms with Gasteiger partial charge in [-0.15, -0.1) is 6.58 Å². The summed E-state index contributed by atoms with van der Waals surface area (Å²) in [6, 6.07) is 6.94. The van der Waals surface area contributed by atoms with E-state index in [-0.39, 0.29) is 0 Å². The van der Waals surface area contributed by atoms with E-state index in [1.54, 1.807) is 0 Å². The topological polar surface area (TPSA) is 0 Å². The summed E-state index contributed by atoms with van der Waals surface area (Å²) in [6.07, 6.45) is 2.95. The molecule has 1 aromatic carbocycles. The van der Waals surface area contributed by atoms with Gasteiger partial charge in [-0.2, -0.15) is 0 Å². The number of hydrogen-bond donors (Lipinski definition) is 0. The van der Waals surface area contributed by atoms with Gasteiger partial charge in [-0.3, -0.25) is 0 Å². The lowest BCUT2D eigenvalue weighted by Crippen LogP contribution is -1.96. The third kappa shape index (κ3) is 3.23. The molecule has 0 spiro atoms. The van der Waals surface area contributed by atoms with Crippen LogP contribution >= 0.6 is 0 Å². The minimum Gasteiger partial charge on any atom is -0.103 e. The molecule has 0 nitrogen and oxygen atoms in total. The van der Waals surface area contributed by atoms with Crippen LogP contribution in [0.25, 0.3) is 0 Å². The van der Waals surface area contributed by atoms with Crippen LogP contribution in [0.2, 0.25) is 0 Å². The summed E-state index contributed by atoms with van der Waals surface area (Å²) in [5, 5.41) is 0. The highest BCUT2D eigenvalue weighted by Crippen LogP contribution is 2.23. The molecule has 0 aliphatic rings. The smallest absolute Gasteiger partial charge is 0.00999 e. The lowest BCUT2D eigenvalue weighted by Gasteiger charge is -2.13. The first-order chi connectivity index (χ1) is 7.04. The maximum absolute atomic E-state index is 3.81. The van der Waals surface area contributed by atoms with E-state index >= 15 is 0 Å². The first-order valence-electron chi connectivity index (χ1n) is 5.79. The zero-order valence-corrected chi connectivity index (χ0v) is 10.4. The van der Waals surface area contributed by atoms with Gasteiger partial charge < -0.3 is 0 Å². The van der Waals surface area contributed by atoms with E-state index in [0.29, 0.717) is 11.8 Å². The Labute approximate surface area is 94.0 Å². The van der Waals surface area contributed by atoms with Crippen LogP contribution in [0.15, 0.2) is 30.9 Å². The molecule has 0 heterocycles. The number of rotatable bonds is 4. The largest absolute Gasteiger partial charge is 0.103 e. The van der Waals surface area contributed by atoms with Crippen LogP contribution in [0.1, 0.15) is 56.2 Å². The van der Waals surface area contributed by atoms with Crippen molar-refractivity contribution < 1.29 is 0 Å². The van der Waals surface area contributed by atoms with Crippen molar-refractivity contribution >= 4 is 0 Å². The van der Waals surface area contributed by atoms with Gasteiger partial charge in [0.05, 0.1) is 0 Å². The normalized spacial score (nSPS) is 11.1. The third-order valence-electron chi connectivity index (χ3n) is 2.75. The van der Waals surface area contributed by atoms with Crippen molar-refractivity contribution in [1.82, 2.24) is 0 Å². The van der Waals surface area contributed by atoms with Crippen LogP contribution in [0.5, 0.6) is 0 Å². The van der Waals surface area contributed by atoms with Gasteiger partial charge in [0.1, 0.15) is 0 Å². The molecule has 0 radical (unpaired) electrons. The van der Waals surface area contributed by atoms with Gasteiger partial charge in [-0.05, 0) is 34.9 Å². The molecule has 0 amide bonds. The molecule has 0 aliphatic carbocycles. The van der Waals surface area contributed by atoms with Gasteiger partial charge in [0.2, 0.25) is 0 Å². The molecule has 0 fully saturated rings. The van der Waals surface area contributed by atoms with E-state index in [2.05, 4.69) is 52.5 Å². The summed E-state index contributed by atoms with van der Waals surface area (Å²) in [6.45, 7) is 12.8. The summed E-state index contributed by atoms with van der Waals surface area (Å²) in [5.74, 6) is 1.21. The Morgan fingerprint density at radius 2 is 1.47 bits per heavy atom. The molecule has 0 saturated carbocycles. The maximum Gasteiger partial charge on any atom is -0.00999 e. The van der Waals surface area contributed by atoms with Gasteiger partial charge >= 0.3 is 0 Å². The molecule has 0 heteroatoms. The van der Waals surface area contributed by atoms with E-state index in [1.807, 2.05) is 6.08 Å². The Bertz CT molecular complexity index is 306. The van der Waals surface area contributed by atoms with Crippen molar-refractivity contribution in [2.75, 3.05) is 0 Å². The molecule has 0 N–H and O–H groups in total. The van der Waals surface area contributed by atoms with Gasteiger partial charge in [0.15, 0.2) is 0 Å². The van der Waals surface area contributed by atoms with E-state index in [1.165, 1.54) is 16.7 Å². The number of benzene rings is 1. The second kappa shape index (κ2) is 5.16. The lowest BCUT2D eigenvalue weighted by atomic mass is 9.92. The standard InChI is InChI=1S/C15H22/c1-6-7-13-8-14(11(2)3)10-15(9-13)12(4)5/h6,8-12H,1,7H2,2-5H3. The number of allylic oxidation sites excluding steroid dienone is 1. The van der Waals surface area contributed by atoms with E-state index in [9.17, 15) is 0 Å². The van der Waals surface area contributed by atoms with Gasteiger partial charge in [-0.1, -0.05) is 52.0 Å². The third-order valence-corrected chi connectivity index (χ3v) is 2.75. The van der Waals surface area contributed by atoms with Crippen LogP contribution in [0.4, 0.5) is 0 Å². The zero-order chi connectivity index (χ0) is 11.4. The predicted molar refractivity (Wildman–Crippen MR) is 68.5 cm³/mol. The Hall–Kier alpha value is -1.04. The Morgan fingerprint density at radius 1 is 1.00 bits per heavy atom. The quantitative estimate of drug-likeness (QED) is 0.623. The van der Waals surface area contributed by atoms with Crippen molar-refractivity contribution in [1.29, 1.82) is 0 Å². The van der Waals surface area contributed by atoms with Gasteiger partial charge in [0, 0.05) is 0 Å². The van der Waals surface area contributed by atoms with Gasteiger partial charge in [0.25, 0.3) is 0 Å². The van der Waals surface area contributed by atoms with Gasteiger partial charge in [-0.25, -0.2) is 0 Å². The highest BCUT2D eigenvalue weighted by Gasteiger charge is 2.06. The van der Waals surface area contributed by atoms with Crippen molar-refractivity contribution in [3.8, 4) is 0 Å². The van der Waals surface area contributed by atoms with Crippen molar-refractivity contribution in [2.24, 2.45) is 0 Å². The first-order valence-corrected chi connectivity index (χ1v) is 5.79. The molecule has 82 valence electrons. The highest BCUT2D eigenvalue weighted by molar-refractivity contribution is 5.34. The molecule has 0 aliphatic heterocycles. The minimum absolute atomic E-state index is 0.604. The number of hydrogen-bond acceptors (Lipinski definition) is 0. The van der Waals surface area contributed by atoms with Crippen LogP contribution < -0.4 is 0 Å². The average molecular weight is 202 g/mol. The predicted octanol–water partition coefficient (Wildman–Crippen LogP) is 4.66. The van der Waals surface area contributed by atoms with Crippen molar-refractivity contribution in [3.63, 3.8) is 0 Å². The monoisotopic (exact) mass is 202 g/mol. The SMILES string of the molecule is C=CCc1cc(C(C)C)cc(C(C)C)c1.